The molecule has 0 spiro atoms. The standard InChI is InChI=1S/C47H59N7O4/c1-30(2)8-13-41(29-55)50-39-14-9-36(10-15-39)34(6)58-35(7)52-21-23-53(24-22-52)47(56)37-11-16-40(17-12-37)51-46-32(4)42-28-54(20-18-38(42)27-49-46)43-26-31(3)45-44(33(43)5)48-19-25-57-45/h9-12,14-17,27,29,31-32,41-42,48,50H,1,6-8,13,18-26,28H2,2-5H3,(H,49,51). The van der Waals surface area contributed by atoms with Crippen LogP contribution < -0.4 is 16.0 Å². The first-order valence-corrected chi connectivity index (χ1v) is 20.7. The number of ether oxygens (including phenoxy) is 2. The fourth-order valence-corrected chi connectivity index (χ4v) is 8.63. The van der Waals surface area contributed by atoms with Gasteiger partial charge >= 0.3 is 0 Å². The van der Waals surface area contributed by atoms with Crippen LogP contribution in [0.5, 0.6) is 0 Å². The Morgan fingerprint density at radius 1 is 1.00 bits per heavy atom. The molecular weight excluding hydrogens is 727 g/mol. The average molecular weight is 786 g/mol. The van der Waals surface area contributed by atoms with Crippen LogP contribution in [0.4, 0.5) is 11.4 Å². The first-order valence-electron chi connectivity index (χ1n) is 20.7. The number of carbonyl (C=O) groups is 2. The zero-order valence-electron chi connectivity index (χ0n) is 34.6. The van der Waals surface area contributed by atoms with E-state index in [1.165, 1.54) is 22.5 Å². The summed E-state index contributed by atoms with van der Waals surface area (Å²) in [6.07, 6.45) is 6.52. The van der Waals surface area contributed by atoms with Crippen molar-refractivity contribution in [3.05, 3.63) is 125 Å². The average Bonchev–Trinajstić information content (AvgIpc) is 3.24. The van der Waals surface area contributed by atoms with Gasteiger partial charge in [-0.05, 0) is 106 Å². The minimum atomic E-state index is -0.276. The second-order valence-electron chi connectivity index (χ2n) is 16.4. The second kappa shape index (κ2) is 17.8. The van der Waals surface area contributed by atoms with Crippen LogP contribution in [0.25, 0.3) is 5.76 Å². The normalized spacial score (nSPS) is 22.3. The Labute approximate surface area is 343 Å². The molecule has 1 aliphatic carbocycles. The van der Waals surface area contributed by atoms with Crippen LogP contribution >= 0.6 is 0 Å². The summed E-state index contributed by atoms with van der Waals surface area (Å²) in [5.74, 6) is 4.04. The number of allylic oxidation sites excluding steroid dienone is 4. The van der Waals surface area contributed by atoms with Crippen molar-refractivity contribution in [3.63, 3.8) is 0 Å². The number of anilines is 2. The highest BCUT2D eigenvalue weighted by Crippen LogP contribution is 2.41. The van der Waals surface area contributed by atoms with Gasteiger partial charge in [-0.2, -0.15) is 0 Å². The molecule has 0 radical (unpaired) electrons. The smallest absolute Gasteiger partial charge is 0.253 e. The highest BCUT2D eigenvalue weighted by atomic mass is 16.5. The molecule has 7 rings (SSSR count). The van der Waals surface area contributed by atoms with Gasteiger partial charge in [0.1, 0.15) is 30.2 Å². The molecule has 11 heteroatoms. The number of rotatable bonds is 13. The molecular formula is C47H59N7O4. The van der Waals surface area contributed by atoms with E-state index in [0.717, 1.165) is 85.9 Å². The number of likely N-dealkylation sites (tertiary alicyclic amines) is 1. The molecule has 2 fully saturated rings. The molecule has 3 N–H and O–H groups in total. The summed E-state index contributed by atoms with van der Waals surface area (Å²) in [6, 6.07) is 15.1. The molecule has 306 valence electrons. The van der Waals surface area contributed by atoms with Crippen LogP contribution in [0.15, 0.2) is 119 Å². The molecule has 2 aromatic rings. The topological polar surface area (TPSA) is 111 Å². The van der Waals surface area contributed by atoms with Gasteiger partial charge in [0.25, 0.3) is 5.91 Å². The molecule has 0 aromatic heterocycles. The maximum Gasteiger partial charge on any atom is 0.253 e. The number of piperidine rings is 1. The highest BCUT2D eigenvalue weighted by Gasteiger charge is 2.37. The molecule has 2 saturated heterocycles. The van der Waals surface area contributed by atoms with Gasteiger partial charge in [-0.1, -0.05) is 26.0 Å². The third-order valence-corrected chi connectivity index (χ3v) is 12.2. The zero-order valence-corrected chi connectivity index (χ0v) is 34.6. The van der Waals surface area contributed by atoms with Crippen LogP contribution in [0.1, 0.15) is 69.3 Å². The van der Waals surface area contributed by atoms with Crippen molar-refractivity contribution in [2.75, 3.05) is 63.1 Å². The van der Waals surface area contributed by atoms with E-state index < -0.39 is 0 Å². The van der Waals surface area contributed by atoms with E-state index in [1.807, 2.05) is 65.3 Å². The molecule has 5 aliphatic rings. The maximum absolute atomic E-state index is 13.5. The second-order valence-corrected chi connectivity index (χ2v) is 16.4. The highest BCUT2D eigenvalue weighted by molar-refractivity contribution is 5.99. The van der Waals surface area contributed by atoms with E-state index >= 15 is 0 Å². The third kappa shape index (κ3) is 9.03. The van der Waals surface area contributed by atoms with E-state index in [0.29, 0.717) is 61.6 Å². The van der Waals surface area contributed by atoms with E-state index in [4.69, 9.17) is 14.5 Å². The summed E-state index contributed by atoms with van der Waals surface area (Å²) < 4.78 is 12.1. The molecule has 0 saturated carbocycles. The summed E-state index contributed by atoms with van der Waals surface area (Å²) in [7, 11) is 0. The lowest BCUT2D eigenvalue weighted by molar-refractivity contribution is -0.108. The Kier molecular flexibility index (Phi) is 12.4. The molecule has 4 atom stereocenters. The lowest BCUT2D eigenvalue weighted by Gasteiger charge is -2.44. The van der Waals surface area contributed by atoms with Gasteiger partial charge in [-0.15, -0.1) is 6.58 Å². The van der Waals surface area contributed by atoms with Gasteiger partial charge in [0.15, 0.2) is 5.88 Å². The number of piperazine rings is 1. The number of hydrogen-bond acceptors (Lipinski definition) is 10. The van der Waals surface area contributed by atoms with Crippen LogP contribution in [0, 0.1) is 17.8 Å². The van der Waals surface area contributed by atoms with Crippen LogP contribution in [-0.2, 0) is 14.3 Å². The lowest BCUT2D eigenvalue weighted by atomic mass is 9.79. The number of benzene rings is 2. The number of nitrogens with one attached hydrogen (secondary N) is 3. The first-order chi connectivity index (χ1) is 28.0. The number of fused-ring (bicyclic) bond motifs is 1. The first kappa shape index (κ1) is 40.5. The minimum absolute atomic E-state index is 0.00466. The molecule has 0 bridgehead atoms. The molecule has 4 aliphatic heterocycles. The number of aldehydes is 1. The Bertz CT molecular complexity index is 2040. The predicted molar refractivity (Wildman–Crippen MR) is 233 cm³/mol. The number of nitrogens with zero attached hydrogens (tertiary/aromatic N) is 4. The number of amides is 1. The van der Waals surface area contributed by atoms with Gasteiger partial charge in [0.2, 0.25) is 0 Å². The van der Waals surface area contributed by atoms with Gasteiger partial charge in [0.05, 0.1) is 11.7 Å². The number of hydrogen-bond donors (Lipinski definition) is 3. The number of amidine groups is 1. The van der Waals surface area contributed by atoms with Gasteiger partial charge < -0.3 is 44.9 Å². The molecule has 2 aromatic carbocycles. The lowest BCUT2D eigenvalue weighted by Crippen LogP contribution is -2.48. The van der Waals surface area contributed by atoms with Crippen molar-refractivity contribution < 1.29 is 19.1 Å². The van der Waals surface area contributed by atoms with Crippen molar-refractivity contribution in [3.8, 4) is 0 Å². The van der Waals surface area contributed by atoms with Crippen molar-refractivity contribution in [2.24, 2.45) is 22.7 Å². The SMILES string of the molecule is C=C(C)CCC(C=O)Nc1ccc(C(=C)OC(=C)N2CCN(C(=O)c3ccc(NC4=NC=C5CCN(C6=C(C)C7=C(OCCN7)C(C)C6)CC5C4C)cc3)CC2)cc1. The predicted octanol–water partition coefficient (Wildman–Crippen LogP) is 7.75. The Balaban J connectivity index is 0.878. The Morgan fingerprint density at radius 3 is 2.40 bits per heavy atom. The fraction of sp³-hybridized carbons (Fsp3) is 0.426. The van der Waals surface area contributed by atoms with Gasteiger partial charge in [0, 0.05) is 98.0 Å². The fourth-order valence-electron chi connectivity index (χ4n) is 8.63. The van der Waals surface area contributed by atoms with Gasteiger partial charge in [-0.3, -0.25) is 4.79 Å². The van der Waals surface area contributed by atoms with Crippen molar-refractivity contribution in [2.45, 2.75) is 59.4 Å². The summed E-state index contributed by atoms with van der Waals surface area (Å²) in [5.41, 5.74) is 9.66. The van der Waals surface area contributed by atoms with E-state index in [-0.39, 0.29) is 17.9 Å². The molecule has 4 heterocycles. The zero-order chi connectivity index (χ0) is 40.9. The van der Waals surface area contributed by atoms with E-state index in [2.05, 4.69) is 67.6 Å². The van der Waals surface area contributed by atoms with Crippen molar-refractivity contribution >= 4 is 35.2 Å². The van der Waals surface area contributed by atoms with Crippen molar-refractivity contribution in [1.82, 2.24) is 20.0 Å². The third-order valence-electron chi connectivity index (χ3n) is 12.2. The minimum Gasteiger partial charge on any atom is -0.494 e. The summed E-state index contributed by atoms with van der Waals surface area (Å²) in [6.45, 7) is 26.8. The number of aliphatic imine (C=N–C) groups is 1. The monoisotopic (exact) mass is 785 g/mol. The quantitative estimate of drug-likeness (QED) is 0.107. The maximum atomic E-state index is 13.5. The van der Waals surface area contributed by atoms with Crippen molar-refractivity contribution in [1.29, 1.82) is 0 Å². The summed E-state index contributed by atoms with van der Waals surface area (Å²) in [5, 5.41) is 10.5. The Morgan fingerprint density at radius 2 is 1.69 bits per heavy atom. The van der Waals surface area contributed by atoms with Gasteiger partial charge in [-0.25, -0.2) is 4.99 Å². The van der Waals surface area contributed by atoms with Crippen LogP contribution in [0.2, 0.25) is 0 Å². The van der Waals surface area contributed by atoms with E-state index in [1.54, 1.807) is 0 Å². The molecule has 58 heavy (non-hydrogen) atoms. The van der Waals surface area contributed by atoms with Crippen LogP contribution in [0.3, 0.4) is 0 Å². The molecule has 11 nitrogen and oxygen atoms in total. The van der Waals surface area contributed by atoms with Crippen LogP contribution in [-0.4, -0.2) is 91.2 Å². The Hall–Kier alpha value is -5.71. The molecule has 4 unspecified atom stereocenters. The number of carbonyl (C=O) groups excluding carboxylic acids is 2. The largest absolute Gasteiger partial charge is 0.494 e. The molecule has 1 amide bonds. The van der Waals surface area contributed by atoms with E-state index in [9.17, 15) is 9.59 Å². The summed E-state index contributed by atoms with van der Waals surface area (Å²) >= 11 is 0. The summed E-state index contributed by atoms with van der Waals surface area (Å²) in [4.78, 5) is 36.5.